The minimum absolute atomic E-state index is 0.0919. The van der Waals surface area contributed by atoms with Crippen LogP contribution >= 0.6 is 0 Å². The van der Waals surface area contributed by atoms with Crippen molar-refractivity contribution in [2.45, 2.75) is 32.4 Å². The van der Waals surface area contributed by atoms with E-state index in [1.54, 1.807) is 0 Å². The predicted octanol–water partition coefficient (Wildman–Crippen LogP) is 1.51. The van der Waals surface area contributed by atoms with Crippen LogP contribution in [0.2, 0.25) is 0 Å². The number of amides is 1. The number of fused-ring (bicyclic) bond motifs is 3. The topological polar surface area (TPSA) is 44.4 Å². The molecule has 4 nitrogen and oxygen atoms in total. The number of aryl methyl sites for hydroxylation is 1. The summed E-state index contributed by atoms with van der Waals surface area (Å²) in [7, 11) is 0. The van der Waals surface area contributed by atoms with Crippen molar-refractivity contribution in [1.82, 2.24) is 10.6 Å². The molecule has 2 aliphatic rings. The molecule has 1 aromatic carbocycles. The number of hydrogen-bond acceptors (Lipinski definition) is 3. The van der Waals surface area contributed by atoms with Crippen LogP contribution in [0.25, 0.3) is 0 Å². The number of nitrogens with one attached hydrogen (secondary N) is 2. The van der Waals surface area contributed by atoms with Gasteiger partial charge in [-0.2, -0.15) is 0 Å². The standard InChI is InChI=1S/C15H21N3O/c1-2-11-5-3-6-12-14(11)15(19)17-13-7-9-16-8-4-10-18(12)13/h3,5-6,13,16H,2,4,7-10H2,1H3,(H,17,19). The number of anilines is 1. The molecule has 102 valence electrons. The van der Waals surface area contributed by atoms with Gasteiger partial charge in [-0.3, -0.25) is 4.79 Å². The SMILES string of the molecule is CCc1cccc2c1C(=O)NC1CCNCCCN21. The van der Waals surface area contributed by atoms with E-state index in [1.807, 2.05) is 0 Å². The van der Waals surface area contributed by atoms with E-state index in [0.717, 1.165) is 55.7 Å². The second kappa shape index (κ2) is 5.21. The fourth-order valence-corrected chi connectivity index (χ4v) is 3.09. The molecule has 1 saturated heterocycles. The predicted molar refractivity (Wildman–Crippen MR) is 76.5 cm³/mol. The molecule has 1 amide bonds. The smallest absolute Gasteiger partial charge is 0.255 e. The van der Waals surface area contributed by atoms with Crippen molar-refractivity contribution in [3.05, 3.63) is 29.3 Å². The first-order chi connectivity index (χ1) is 9.31. The molecule has 3 rings (SSSR count). The molecular formula is C15H21N3O. The van der Waals surface area contributed by atoms with Crippen LogP contribution in [0.1, 0.15) is 35.7 Å². The zero-order valence-electron chi connectivity index (χ0n) is 11.4. The lowest BCUT2D eigenvalue weighted by atomic mass is 9.98. The third-order valence-electron chi connectivity index (χ3n) is 4.07. The van der Waals surface area contributed by atoms with Gasteiger partial charge in [0.2, 0.25) is 0 Å². The van der Waals surface area contributed by atoms with Gasteiger partial charge >= 0.3 is 0 Å². The Morgan fingerprint density at radius 3 is 3.11 bits per heavy atom. The van der Waals surface area contributed by atoms with E-state index < -0.39 is 0 Å². The van der Waals surface area contributed by atoms with Gasteiger partial charge in [-0.15, -0.1) is 0 Å². The van der Waals surface area contributed by atoms with Crippen LogP contribution in [-0.4, -0.2) is 31.7 Å². The molecule has 1 aromatic rings. The lowest BCUT2D eigenvalue weighted by Crippen LogP contribution is -2.55. The van der Waals surface area contributed by atoms with E-state index in [9.17, 15) is 4.79 Å². The highest BCUT2D eigenvalue weighted by molar-refractivity contribution is 6.03. The Kier molecular flexibility index (Phi) is 3.42. The van der Waals surface area contributed by atoms with Crippen molar-refractivity contribution < 1.29 is 4.79 Å². The van der Waals surface area contributed by atoms with E-state index in [4.69, 9.17) is 0 Å². The Balaban J connectivity index is 2.02. The van der Waals surface area contributed by atoms with Gasteiger partial charge in [-0.25, -0.2) is 0 Å². The largest absolute Gasteiger partial charge is 0.351 e. The highest BCUT2D eigenvalue weighted by Gasteiger charge is 2.31. The van der Waals surface area contributed by atoms with Crippen molar-refractivity contribution in [2.24, 2.45) is 0 Å². The second-order valence-corrected chi connectivity index (χ2v) is 5.24. The van der Waals surface area contributed by atoms with Gasteiger partial charge < -0.3 is 15.5 Å². The van der Waals surface area contributed by atoms with Crippen LogP contribution in [0.4, 0.5) is 5.69 Å². The maximum atomic E-state index is 12.4. The number of hydrogen-bond donors (Lipinski definition) is 2. The van der Waals surface area contributed by atoms with Gasteiger partial charge in [0, 0.05) is 6.54 Å². The van der Waals surface area contributed by atoms with Crippen LogP contribution in [0.15, 0.2) is 18.2 Å². The van der Waals surface area contributed by atoms with E-state index >= 15 is 0 Å². The average Bonchev–Trinajstić information content (AvgIpc) is 2.40. The number of carbonyl (C=O) groups excluding carboxylic acids is 1. The van der Waals surface area contributed by atoms with E-state index in [-0.39, 0.29) is 12.1 Å². The van der Waals surface area contributed by atoms with Gasteiger partial charge in [0.05, 0.1) is 11.3 Å². The lowest BCUT2D eigenvalue weighted by molar-refractivity contribution is 0.0922. The van der Waals surface area contributed by atoms with Gasteiger partial charge in [0.1, 0.15) is 6.17 Å². The van der Waals surface area contributed by atoms with Crippen molar-refractivity contribution >= 4 is 11.6 Å². The fraction of sp³-hybridized carbons (Fsp3) is 0.533. The molecule has 0 aliphatic carbocycles. The number of carbonyl (C=O) groups is 1. The van der Waals surface area contributed by atoms with Crippen LogP contribution in [0, 0.1) is 0 Å². The van der Waals surface area contributed by atoms with Crippen LogP contribution in [0.3, 0.4) is 0 Å². The Labute approximate surface area is 114 Å². The molecule has 0 saturated carbocycles. The summed E-state index contributed by atoms with van der Waals surface area (Å²) in [5, 5.41) is 6.57. The highest BCUT2D eigenvalue weighted by Crippen LogP contribution is 2.30. The molecule has 2 heterocycles. The normalized spacial score (nSPS) is 22.9. The summed E-state index contributed by atoms with van der Waals surface area (Å²) >= 11 is 0. The second-order valence-electron chi connectivity index (χ2n) is 5.24. The quantitative estimate of drug-likeness (QED) is 0.803. The van der Waals surface area contributed by atoms with Gasteiger partial charge in [0.25, 0.3) is 5.91 Å². The third kappa shape index (κ3) is 2.21. The molecule has 0 radical (unpaired) electrons. The van der Waals surface area contributed by atoms with Crippen LogP contribution < -0.4 is 15.5 Å². The first-order valence-electron chi connectivity index (χ1n) is 7.21. The lowest BCUT2D eigenvalue weighted by Gasteiger charge is -2.41. The summed E-state index contributed by atoms with van der Waals surface area (Å²) in [5.74, 6) is 0.0919. The van der Waals surface area contributed by atoms with E-state index in [1.165, 1.54) is 0 Å². The van der Waals surface area contributed by atoms with Gasteiger partial charge in [-0.05, 0) is 44.0 Å². The minimum Gasteiger partial charge on any atom is -0.351 e. The molecule has 19 heavy (non-hydrogen) atoms. The Bertz CT molecular complexity index is 486. The minimum atomic E-state index is 0.0919. The van der Waals surface area contributed by atoms with Crippen molar-refractivity contribution in [3.63, 3.8) is 0 Å². The van der Waals surface area contributed by atoms with E-state index in [2.05, 4.69) is 40.7 Å². The summed E-state index contributed by atoms with van der Waals surface area (Å²) in [6.07, 6.45) is 3.11. The Morgan fingerprint density at radius 1 is 1.37 bits per heavy atom. The maximum Gasteiger partial charge on any atom is 0.255 e. The zero-order valence-corrected chi connectivity index (χ0v) is 11.4. The summed E-state index contributed by atoms with van der Waals surface area (Å²) < 4.78 is 0. The number of benzene rings is 1. The zero-order chi connectivity index (χ0) is 13.2. The summed E-state index contributed by atoms with van der Waals surface area (Å²) in [4.78, 5) is 14.7. The first kappa shape index (κ1) is 12.5. The molecule has 1 unspecified atom stereocenters. The summed E-state index contributed by atoms with van der Waals surface area (Å²) in [6, 6.07) is 6.23. The van der Waals surface area contributed by atoms with Gasteiger partial charge in [-0.1, -0.05) is 19.1 Å². The molecule has 2 N–H and O–H groups in total. The summed E-state index contributed by atoms with van der Waals surface area (Å²) in [5.41, 5.74) is 3.15. The molecule has 4 heteroatoms. The van der Waals surface area contributed by atoms with Crippen LogP contribution in [0.5, 0.6) is 0 Å². The highest BCUT2D eigenvalue weighted by atomic mass is 16.2. The fourth-order valence-electron chi connectivity index (χ4n) is 3.09. The molecule has 1 fully saturated rings. The molecular weight excluding hydrogens is 238 g/mol. The Morgan fingerprint density at radius 2 is 2.26 bits per heavy atom. The van der Waals surface area contributed by atoms with Crippen molar-refractivity contribution in [3.8, 4) is 0 Å². The monoisotopic (exact) mass is 259 g/mol. The van der Waals surface area contributed by atoms with Gasteiger partial charge in [0.15, 0.2) is 0 Å². The number of rotatable bonds is 1. The molecule has 0 spiro atoms. The van der Waals surface area contributed by atoms with Crippen molar-refractivity contribution in [1.29, 1.82) is 0 Å². The summed E-state index contributed by atoms with van der Waals surface area (Å²) in [6.45, 7) is 5.12. The molecule has 0 bridgehead atoms. The van der Waals surface area contributed by atoms with Crippen LogP contribution in [-0.2, 0) is 6.42 Å². The third-order valence-corrected chi connectivity index (χ3v) is 4.07. The molecule has 0 aromatic heterocycles. The van der Waals surface area contributed by atoms with E-state index in [0.29, 0.717) is 0 Å². The Hall–Kier alpha value is -1.55. The first-order valence-corrected chi connectivity index (χ1v) is 7.21. The number of nitrogens with zero attached hydrogens (tertiary/aromatic N) is 1. The average molecular weight is 259 g/mol. The van der Waals surface area contributed by atoms with Crippen molar-refractivity contribution in [2.75, 3.05) is 24.5 Å². The maximum absolute atomic E-state index is 12.4. The molecule has 2 aliphatic heterocycles. The molecule has 1 atom stereocenters.